The van der Waals surface area contributed by atoms with Gasteiger partial charge in [-0.3, -0.25) is 4.79 Å². The Hall–Kier alpha value is -2.27. The smallest absolute Gasteiger partial charge is 0.289 e. The number of hydrogen-bond acceptors (Lipinski definition) is 4. The van der Waals surface area contributed by atoms with E-state index in [4.69, 9.17) is 14.9 Å². The lowest BCUT2D eigenvalue weighted by molar-refractivity contribution is -0.0592. The molecule has 0 radical (unpaired) electrons. The fourth-order valence-electron chi connectivity index (χ4n) is 3.00. The van der Waals surface area contributed by atoms with Crippen LogP contribution in [0.25, 0.3) is 11.3 Å². The second-order valence-electron chi connectivity index (χ2n) is 6.21. The van der Waals surface area contributed by atoms with Crippen molar-refractivity contribution in [2.45, 2.75) is 33.0 Å². The molecule has 122 valence electrons. The quantitative estimate of drug-likeness (QED) is 0.865. The van der Waals surface area contributed by atoms with Crippen LogP contribution in [0.2, 0.25) is 0 Å². The molecule has 2 atom stereocenters. The minimum absolute atomic E-state index is 0.0355. The maximum atomic E-state index is 12.6. The number of hydrogen-bond donors (Lipinski definition) is 1. The van der Waals surface area contributed by atoms with Gasteiger partial charge < -0.3 is 19.8 Å². The fraction of sp³-hybridized carbons (Fsp3) is 0.389. The normalized spacial score (nSPS) is 21.4. The summed E-state index contributed by atoms with van der Waals surface area (Å²) in [6.45, 7) is 7.09. The third-order valence-corrected chi connectivity index (χ3v) is 4.05. The van der Waals surface area contributed by atoms with E-state index in [0.29, 0.717) is 30.3 Å². The molecule has 23 heavy (non-hydrogen) atoms. The Labute approximate surface area is 136 Å². The number of anilines is 1. The van der Waals surface area contributed by atoms with Crippen LogP contribution in [-0.4, -0.2) is 36.1 Å². The minimum atomic E-state index is -0.0974. The molecule has 1 aliphatic rings. The summed E-state index contributed by atoms with van der Waals surface area (Å²) in [4.78, 5) is 14.4. The second-order valence-corrected chi connectivity index (χ2v) is 6.21. The van der Waals surface area contributed by atoms with Gasteiger partial charge in [-0.05, 0) is 50.6 Å². The largest absolute Gasteiger partial charge is 0.451 e. The van der Waals surface area contributed by atoms with E-state index in [0.717, 1.165) is 11.1 Å². The Morgan fingerprint density at radius 3 is 2.57 bits per heavy atom. The number of rotatable bonds is 2. The van der Waals surface area contributed by atoms with E-state index in [1.807, 2.05) is 45.0 Å². The van der Waals surface area contributed by atoms with Crippen LogP contribution in [0.3, 0.4) is 0 Å². The summed E-state index contributed by atoms with van der Waals surface area (Å²) in [5.41, 5.74) is 8.49. The Kier molecular flexibility index (Phi) is 4.13. The van der Waals surface area contributed by atoms with Crippen molar-refractivity contribution in [3.8, 4) is 11.3 Å². The predicted octanol–water partition coefficient (Wildman–Crippen LogP) is 3.09. The average molecular weight is 314 g/mol. The molecule has 0 saturated carbocycles. The lowest BCUT2D eigenvalue weighted by atomic mass is 10.1. The highest BCUT2D eigenvalue weighted by atomic mass is 16.5. The van der Waals surface area contributed by atoms with E-state index in [2.05, 4.69) is 0 Å². The van der Waals surface area contributed by atoms with Gasteiger partial charge in [-0.15, -0.1) is 0 Å². The number of nitrogens with zero attached hydrogens (tertiary/aromatic N) is 1. The van der Waals surface area contributed by atoms with Crippen LogP contribution in [-0.2, 0) is 4.74 Å². The van der Waals surface area contributed by atoms with Gasteiger partial charge in [-0.1, -0.05) is 6.07 Å². The molecule has 1 fully saturated rings. The zero-order valence-electron chi connectivity index (χ0n) is 13.7. The van der Waals surface area contributed by atoms with Crippen LogP contribution in [0.15, 0.2) is 34.7 Å². The number of benzene rings is 1. The van der Waals surface area contributed by atoms with Gasteiger partial charge in [0.1, 0.15) is 5.76 Å². The van der Waals surface area contributed by atoms with Gasteiger partial charge in [-0.25, -0.2) is 0 Å². The van der Waals surface area contributed by atoms with Gasteiger partial charge in [0.15, 0.2) is 5.76 Å². The lowest BCUT2D eigenvalue weighted by Gasteiger charge is -2.34. The van der Waals surface area contributed by atoms with Gasteiger partial charge in [0.2, 0.25) is 0 Å². The molecule has 0 spiro atoms. The topological polar surface area (TPSA) is 68.7 Å². The molecule has 2 aromatic rings. The van der Waals surface area contributed by atoms with Gasteiger partial charge >= 0.3 is 0 Å². The third-order valence-electron chi connectivity index (χ3n) is 4.05. The van der Waals surface area contributed by atoms with Crippen LogP contribution >= 0.6 is 0 Å². The van der Waals surface area contributed by atoms with Gasteiger partial charge in [0.05, 0.1) is 12.2 Å². The molecular weight excluding hydrogens is 292 g/mol. The standard InChI is InChI=1S/C18H22N2O3/c1-11-4-5-14(19)8-15(11)16-6-7-17(23-16)18(21)20-9-12(2)22-13(3)10-20/h4-8,12-13H,9-10,19H2,1-3H3. The Morgan fingerprint density at radius 1 is 1.17 bits per heavy atom. The Balaban J connectivity index is 1.84. The summed E-state index contributed by atoms with van der Waals surface area (Å²) in [6, 6.07) is 9.21. The molecule has 1 aromatic heterocycles. The van der Waals surface area contributed by atoms with Gasteiger partial charge in [-0.2, -0.15) is 0 Å². The van der Waals surface area contributed by atoms with Crippen molar-refractivity contribution in [2.75, 3.05) is 18.8 Å². The molecule has 1 aromatic carbocycles. The van der Waals surface area contributed by atoms with E-state index < -0.39 is 0 Å². The monoisotopic (exact) mass is 314 g/mol. The highest BCUT2D eigenvalue weighted by Gasteiger charge is 2.28. The van der Waals surface area contributed by atoms with E-state index in [1.54, 1.807) is 11.0 Å². The van der Waals surface area contributed by atoms with Gasteiger partial charge in [0.25, 0.3) is 5.91 Å². The first-order valence-electron chi connectivity index (χ1n) is 7.85. The molecule has 2 heterocycles. The highest BCUT2D eigenvalue weighted by molar-refractivity contribution is 5.92. The molecular formula is C18H22N2O3. The van der Waals surface area contributed by atoms with Crippen molar-refractivity contribution in [3.63, 3.8) is 0 Å². The Bertz CT molecular complexity index is 713. The van der Waals surface area contributed by atoms with Crippen LogP contribution in [0, 0.1) is 6.92 Å². The molecule has 1 saturated heterocycles. The van der Waals surface area contributed by atoms with Gasteiger partial charge in [0, 0.05) is 24.3 Å². The van der Waals surface area contributed by atoms with Crippen LogP contribution in [0.5, 0.6) is 0 Å². The zero-order chi connectivity index (χ0) is 16.6. The van der Waals surface area contributed by atoms with E-state index in [9.17, 15) is 4.79 Å². The first-order valence-corrected chi connectivity index (χ1v) is 7.85. The first kappa shape index (κ1) is 15.6. The van der Waals surface area contributed by atoms with Crippen LogP contribution < -0.4 is 5.73 Å². The minimum Gasteiger partial charge on any atom is -0.451 e. The number of amides is 1. The maximum absolute atomic E-state index is 12.6. The number of carbonyl (C=O) groups is 1. The second kappa shape index (κ2) is 6.08. The first-order chi connectivity index (χ1) is 10.9. The molecule has 2 unspecified atom stereocenters. The van der Waals surface area contributed by atoms with Crippen molar-refractivity contribution < 1.29 is 13.9 Å². The van der Waals surface area contributed by atoms with E-state index >= 15 is 0 Å². The highest BCUT2D eigenvalue weighted by Crippen LogP contribution is 2.28. The summed E-state index contributed by atoms with van der Waals surface area (Å²) >= 11 is 0. The SMILES string of the molecule is Cc1ccc(N)cc1-c1ccc(C(=O)N2CC(C)OC(C)C2)o1. The van der Waals surface area contributed by atoms with E-state index in [1.165, 1.54) is 0 Å². The molecule has 2 N–H and O–H groups in total. The summed E-state index contributed by atoms with van der Waals surface area (Å²) in [5, 5.41) is 0. The molecule has 0 bridgehead atoms. The summed E-state index contributed by atoms with van der Waals surface area (Å²) in [5.74, 6) is 0.912. The van der Waals surface area contributed by atoms with E-state index in [-0.39, 0.29) is 18.1 Å². The molecule has 5 heteroatoms. The molecule has 1 aliphatic heterocycles. The molecule has 3 rings (SSSR count). The number of ether oxygens (including phenoxy) is 1. The summed E-state index contributed by atoms with van der Waals surface area (Å²) in [6.07, 6.45) is 0.0709. The van der Waals surface area contributed by atoms with Crippen molar-refractivity contribution in [1.82, 2.24) is 4.90 Å². The third kappa shape index (κ3) is 3.24. The molecule has 1 amide bonds. The molecule has 0 aliphatic carbocycles. The Morgan fingerprint density at radius 2 is 1.87 bits per heavy atom. The fourth-order valence-corrected chi connectivity index (χ4v) is 3.00. The number of aryl methyl sites for hydroxylation is 1. The van der Waals surface area contributed by atoms with Crippen LogP contribution in [0.1, 0.15) is 30.0 Å². The number of furan rings is 1. The van der Waals surface area contributed by atoms with Crippen molar-refractivity contribution in [1.29, 1.82) is 0 Å². The van der Waals surface area contributed by atoms with Crippen molar-refractivity contribution in [2.24, 2.45) is 0 Å². The zero-order valence-corrected chi connectivity index (χ0v) is 13.7. The molecule has 5 nitrogen and oxygen atoms in total. The number of carbonyl (C=O) groups excluding carboxylic acids is 1. The number of morpholine rings is 1. The van der Waals surface area contributed by atoms with Crippen LogP contribution in [0.4, 0.5) is 5.69 Å². The summed E-state index contributed by atoms with van der Waals surface area (Å²) < 4.78 is 11.5. The van der Waals surface area contributed by atoms with Crippen molar-refractivity contribution in [3.05, 3.63) is 41.7 Å². The summed E-state index contributed by atoms with van der Waals surface area (Å²) in [7, 11) is 0. The average Bonchev–Trinajstić information content (AvgIpc) is 2.97. The predicted molar refractivity (Wildman–Crippen MR) is 89.2 cm³/mol. The number of nitrogens with two attached hydrogens (primary N) is 1. The number of nitrogen functional groups attached to an aromatic ring is 1. The van der Waals surface area contributed by atoms with Crippen molar-refractivity contribution >= 4 is 11.6 Å². The lowest BCUT2D eigenvalue weighted by Crippen LogP contribution is -2.48. The maximum Gasteiger partial charge on any atom is 0.289 e.